The molecule has 0 saturated carbocycles. The molecule has 0 aromatic heterocycles. The van der Waals surface area contributed by atoms with Gasteiger partial charge in [0.2, 0.25) is 0 Å². The van der Waals surface area contributed by atoms with Crippen molar-refractivity contribution >= 4 is 5.78 Å². The topological polar surface area (TPSA) is 29.1 Å². The maximum absolute atomic E-state index is 12.2. The average Bonchev–Trinajstić information content (AvgIpc) is 2.67. The lowest BCUT2D eigenvalue weighted by molar-refractivity contribution is -0.126. The summed E-state index contributed by atoms with van der Waals surface area (Å²) in [6.45, 7) is 7.52. The highest BCUT2D eigenvalue weighted by Crippen LogP contribution is 2.27. The highest BCUT2D eigenvalue weighted by molar-refractivity contribution is 5.88. The molecule has 0 aromatic carbocycles. The monoisotopic (exact) mass is 211 g/mol. The van der Waals surface area contributed by atoms with E-state index in [1.165, 1.54) is 12.8 Å². The summed E-state index contributed by atoms with van der Waals surface area (Å²) in [5, 5.41) is 3.42. The molecule has 0 amide bonds. The van der Waals surface area contributed by atoms with Crippen molar-refractivity contribution in [2.45, 2.75) is 64.8 Å². The van der Waals surface area contributed by atoms with Crippen molar-refractivity contribution in [2.75, 3.05) is 6.54 Å². The number of hydrogen-bond acceptors (Lipinski definition) is 2. The fourth-order valence-corrected chi connectivity index (χ4v) is 2.65. The second-order valence-electron chi connectivity index (χ2n) is 4.99. The van der Waals surface area contributed by atoms with Crippen molar-refractivity contribution in [2.24, 2.45) is 5.92 Å². The lowest BCUT2D eigenvalue weighted by Crippen LogP contribution is -2.47. The third-order valence-corrected chi connectivity index (χ3v) is 3.70. The SMILES string of the molecule is CCCC(C)CC(=O)C1(CC)CCCN1. The Hall–Kier alpha value is -0.370. The third kappa shape index (κ3) is 3.04. The predicted molar refractivity (Wildman–Crippen MR) is 64.0 cm³/mol. The number of carbonyl (C=O) groups is 1. The Morgan fingerprint density at radius 3 is 2.67 bits per heavy atom. The van der Waals surface area contributed by atoms with Crippen LogP contribution in [0.4, 0.5) is 0 Å². The Morgan fingerprint density at radius 1 is 1.47 bits per heavy atom. The number of hydrogen-bond donors (Lipinski definition) is 1. The van der Waals surface area contributed by atoms with Crippen LogP contribution in [0, 0.1) is 5.92 Å². The quantitative estimate of drug-likeness (QED) is 0.732. The van der Waals surface area contributed by atoms with Gasteiger partial charge in [0.25, 0.3) is 0 Å². The molecule has 1 saturated heterocycles. The van der Waals surface area contributed by atoms with Crippen molar-refractivity contribution in [3.05, 3.63) is 0 Å². The summed E-state index contributed by atoms with van der Waals surface area (Å²) < 4.78 is 0. The summed E-state index contributed by atoms with van der Waals surface area (Å²) in [7, 11) is 0. The minimum Gasteiger partial charge on any atom is -0.305 e. The Kier molecular flexibility index (Phi) is 4.78. The van der Waals surface area contributed by atoms with Crippen LogP contribution in [0.3, 0.4) is 0 Å². The van der Waals surface area contributed by atoms with Crippen LogP contribution in [0.5, 0.6) is 0 Å². The molecule has 2 unspecified atom stereocenters. The van der Waals surface area contributed by atoms with Crippen LogP contribution in [0.1, 0.15) is 59.3 Å². The molecular formula is C13H25NO. The van der Waals surface area contributed by atoms with Gasteiger partial charge in [-0.3, -0.25) is 4.79 Å². The van der Waals surface area contributed by atoms with Crippen LogP contribution in [0.25, 0.3) is 0 Å². The normalized spacial score (nSPS) is 27.9. The molecule has 0 bridgehead atoms. The summed E-state index contributed by atoms with van der Waals surface area (Å²) in [5.74, 6) is 0.997. The number of carbonyl (C=O) groups excluding carboxylic acids is 1. The van der Waals surface area contributed by atoms with Gasteiger partial charge in [-0.1, -0.05) is 33.6 Å². The molecule has 0 spiro atoms. The second kappa shape index (κ2) is 5.64. The smallest absolute Gasteiger partial charge is 0.153 e. The molecule has 88 valence electrons. The highest BCUT2D eigenvalue weighted by atomic mass is 16.1. The van der Waals surface area contributed by atoms with Gasteiger partial charge in [-0.05, 0) is 31.7 Å². The maximum Gasteiger partial charge on any atom is 0.153 e. The minimum atomic E-state index is -0.165. The zero-order valence-corrected chi connectivity index (χ0v) is 10.4. The average molecular weight is 211 g/mol. The number of ketones is 1. The van der Waals surface area contributed by atoms with E-state index in [0.29, 0.717) is 11.7 Å². The summed E-state index contributed by atoms with van der Waals surface area (Å²) in [6.07, 6.45) is 6.26. The van der Waals surface area contributed by atoms with Crippen LogP contribution in [-0.2, 0) is 4.79 Å². The lowest BCUT2D eigenvalue weighted by Gasteiger charge is -2.27. The maximum atomic E-state index is 12.2. The zero-order chi connectivity index (χ0) is 11.3. The summed E-state index contributed by atoms with van der Waals surface area (Å²) in [5.41, 5.74) is -0.165. The predicted octanol–water partition coefficient (Wildman–Crippen LogP) is 2.91. The molecule has 0 aliphatic carbocycles. The van der Waals surface area contributed by atoms with Gasteiger partial charge in [-0.2, -0.15) is 0 Å². The van der Waals surface area contributed by atoms with Gasteiger partial charge in [0.15, 0.2) is 5.78 Å². The van der Waals surface area contributed by atoms with E-state index < -0.39 is 0 Å². The first-order chi connectivity index (χ1) is 7.14. The fraction of sp³-hybridized carbons (Fsp3) is 0.923. The molecule has 1 fully saturated rings. The van der Waals surface area contributed by atoms with Crippen molar-refractivity contribution in [1.29, 1.82) is 0 Å². The summed E-state index contributed by atoms with van der Waals surface area (Å²) >= 11 is 0. The number of nitrogens with one attached hydrogen (secondary N) is 1. The van der Waals surface area contributed by atoms with Gasteiger partial charge in [0.1, 0.15) is 0 Å². The van der Waals surface area contributed by atoms with Crippen LogP contribution >= 0.6 is 0 Å². The van der Waals surface area contributed by atoms with E-state index in [2.05, 4.69) is 26.1 Å². The van der Waals surface area contributed by atoms with Gasteiger partial charge >= 0.3 is 0 Å². The first-order valence-corrected chi connectivity index (χ1v) is 6.43. The van der Waals surface area contributed by atoms with E-state index in [0.717, 1.165) is 32.2 Å². The number of rotatable bonds is 6. The van der Waals surface area contributed by atoms with Crippen LogP contribution in [0.2, 0.25) is 0 Å². The van der Waals surface area contributed by atoms with E-state index in [4.69, 9.17) is 0 Å². The molecule has 1 aliphatic heterocycles. The van der Waals surface area contributed by atoms with Crippen molar-refractivity contribution in [3.8, 4) is 0 Å². The molecule has 0 aromatic rings. The standard InChI is InChI=1S/C13H25NO/c1-4-7-11(3)10-12(15)13(5-2)8-6-9-14-13/h11,14H,4-10H2,1-3H3. The lowest BCUT2D eigenvalue weighted by atomic mass is 9.84. The second-order valence-corrected chi connectivity index (χ2v) is 4.99. The molecule has 0 radical (unpaired) electrons. The molecule has 1 rings (SSSR count). The Bertz CT molecular complexity index is 207. The van der Waals surface area contributed by atoms with Crippen LogP contribution in [-0.4, -0.2) is 17.9 Å². The zero-order valence-electron chi connectivity index (χ0n) is 10.4. The first kappa shape index (κ1) is 12.7. The Labute approximate surface area is 93.8 Å². The Balaban J connectivity index is 2.50. The van der Waals surface area contributed by atoms with Crippen molar-refractivity contribution in [1.82, 2.24) is 5.32 Å². The summed E-state index contributed by atoms with van der Waals surface area (Å²) in [4.78, 5) is 12.2. The molecule has 2 atom stereocenters. The number of Topliss-reactive ketones (excluding diaryl/α,β-unsaturated/α-hetero) is 1. The van der Waals surface area contributed by atoms with Gasteiger partial charge in [0, 0.05) is 6.42 Å². The van der Waals surface area contributed by atoms with Gasteiger partial charge in [-0.25, -0.2) is 0 Å². The molecule has 1 heterocycles. The Morgan fingerprint density at radius 2 is 2.20 bits per heavy atom. The molecule has 2 heteroatoms. The highest BCUT2D eigenvalue weighted by Gasteiger charge is 2.38. The van der Waals surface area contributed by atoms with Crippen molar-refractivity contribution < 1.29 is 4.79 Å². The van der Waals surface area contributed by atoms with Gasteiger partial charge < -0.3 is 5.32 Å². The fourth-order valence-electron chi connectivity index (χ4n) is 2.65. The van der Waals surface area contributed by atoms with Crippen LogP contribution < -0.4 is 5.32 Å². The molecular weight excluding hydrogens is 186 g/mol. The van der Waals surface area contributed by atoms with E-state index in [9.17, 15) is 4.79 Å². The summed E-state index contributed by atoms with van der Waals surface area (Å²) in [6, 6.07) is 0. The molecule has 15 heavy (non-hydrogen) atoms. The first-order valence-electron chi connectivity index (χ1n) is 6.43. The van der Waals surface area contributed by atoms with Gasteiger partial charge in [0.05, 0.1) is 5.54 Å². The van der Waals surface area contributed by atoms with E-state index in [-0.39, 0.29) is 5.54 Å². The van der Waals surface area contributed by atoms with E-state index in [1.54, 1.807) is 0 Å². The molecule has 1 aliphatic rings. The molecule has 2 nitrogen and oxygen atoms in total. The van der Waals surface area contributed by atoms with Crippen molar-refractivity contribution in [3.63, 3.8) is 0 Å². The third-order valence-electron chi connectivity index (χ3n) is 3.70. The van der Waals surface area contributed by atoms with E-state index >= 15 is 0 Å². The minimum absolute atomic E-state index is 0.165. The molecule has 1 N–H and O–H groups in total. The van der Waals surface area contributed by atoms with E-state index in [1.807, 2.05) is 0 Å². The largest absolute Gasteiger partial charge is 0.305 e. The van der Waals surface area contributed by atoms with Gasteiger partial charge in [-0.15, -0.1) is 0 Å². The van der Waals surface area contributed by atoms with Crippen LogP contribution in [0.15, 0.2) is 0 Å².